The van der Waals surface area contributed by atoms with Crippen molar-refractivity contribution in [2.75, 3.05) is 24.3 Å². The van der Waals surface area contributed by atoms with Crippen LogP contribution in [-0.4, -0.2) is 35.8 Å². The van der Waals surface area contributed by atoms with Crippen LogP contribution in [0.25, 0.3) is 0 Å². The van der Waals surface area contributed by atoms with Crippen LogP contribution in [0.15, 0.2) is 47.5 Å². The number of para-hydroxylation sites is 1. The van der Waals surface area contributed by atoms with Gasteiger partial charge in [0.05, 0.1) is 24.1 Å². The average molecular weight is 371 g/mol. The number of amides is 1. The Hall–Kier alpha value is -3.05. The van der Waals surface area contributed by atoms with E-state index in [1.165, 1.54) is 24.0 Å². The zero-order valence-corrected chi connectivity index (χ0v) is 14.9. The Morgan fingerprint density at radius 3 is 2.85 bits per heavy atom. The van der Waals surface area contributed by atoms with E-state index in [9.17, 15) is 9.59 Å². The van der Waals surface area contributed by atoms with Gasteiger partial charge in [-0.15, -0.1) is 11.8 Å². The predicted octanol–water partition coefficient (Wildman–Crippen LogP) is 2.89. The van der Waals surface area contributed by atoms with Crippen molar-refractivity contribution in [2.45, 2.75) is 11.8 Å². The Balaban J connectivity index is 1.95. The number of hydrogen-bond acceptors (Lipinski definition) is 7. The second-order valence-corrected chi connectivity index (χ2v) is 5.87. The van der Waals surface area contributed by atoms with Crippen LogP contribution < -0.4 is 10.1 Å². The van der Waals surface area contributed by atoms with Gasteiger partial charge in [-0.3, -0.25) is 4.79 Å². The Bertz CT molecular complexity index is 820. The highest BCUT2D eigenvalue weighted by molar-refractivity contribution is 7.99. The smallest absolute Gasteiger partial charge is 0.344 e. The largest absolute Gasteiger partial charge is 0.477 e. The number of esters is 1. The molecule has 0 spiro atoms. The highest BCUT2D eigenvalue weighted by Gasteiger charge is 2.16. The second-order valence-electron chi connectivity index (χ2n) is 4.86. The lowest BCUT2D eigenvalue weighted by molar-refractivity contribution is -0.119. The Kier molecular flexibility index (Phi) is 7.46. The lowest BCUT2D eigenvalue weighted by atomic mass is 10.3. The molecular formula is C18H17N3O4S. The van der Waals surface area contributed by atoms with Gasteiger partial charge >= 0.3 is 5.97 Å². The number of ether oxygens (including phenoxy) is 2. The van der Waals surface area contributed by atoms with Gasteiger partial charge in [0.15, 0.2) is 6.61 Å². The first-order valence-corrected chi connectivity index (χ1v) is 8.77. The molecule has 26 heavy (non-hydrogen) atoms. The molecule has 0 saturated heterocycles. The minimum Gasteiger partial charge on any atom is -0.477 e. The quantitative estimate of drug-likeness (QED) is 0.562. The van der Waals surface area contributed by atoms with Gasteiger partial charge in [-0.2, -0.15) is 5.26 Å². The van der Waals surface area contributed by atoms with Gasteiger partial charge < -0.3 is 14.8 Å². The molecule has 0 bridgehead atoms. The first-order valence-electron chi connectivity index (χ1n) is 7.79. The maximum atomic E-state index is 12.1. The molecule has 0 unspecified atom stereocenters. The number of nitrogens with zero attached hydrogens (tertiary/aromatic N) is 2. The SMILES string of the molecule is CCOc1ncccc1C(=O)OCC(=O)Nc1ccccc1SCC#N. The third-order valence-corrected chi connectivity index (χ3v) is 4.00. The number of rotatable bonds is 8. The van der Waals surface area contributed by atoms with Crippen molar-refractivity contribution in [3.63, 3.8) is 0 Å². The van der Waals surface area contributed by atoms with E-state index in [-0.39, 0.29) is 17.2 Å². The van der Waals surface area contributed by atoms with E-state index in [1.54, 1.807) is 31.2 Å². The van der Waals surface area contributed by atoms with E-state index in [0.717, 1.165) is 4.90 Å². The molecule has 7 nitrogen and oxygen atoms in total. The van der Waals surface area contributed by atoms with E-state index in [2.05, 4.69) is 10.3 Å². The van der Waals surface area contributed by atoms with Crippen molar-refractivity contribution in [1.29, 1.82) is 5.26 Å². The standard InChI is InChI=1S/C18H17N3O4S/c1-2-24-17-13(6-5-10-20-17)18(23)25-12-16(22)21-14-7-3-4-8-15(14)26-11-9-19/h3-8,10H,2,11-12H2,1H3,(H,21,22). The molecule has 0 saturated carbocycles. The van der Waals surface area contributed by atoms with Crippen LogP contribution in [0.5, 0.6) is 5.88 Å². The molecule has 8 heteroatoms. The fraction of sp³-hybridized carbons (Fsp3) is 0.222. The van der Waals surface area contributed by atoms with Crippen molar-refractivity contribution in [3.05, 3.63) is 48.2 Å². The summed E-state index contributed by atoms with van der Waals surface area (Å²) in [5.41, 5.74) is 0.720. The van der Waals surface area contributed by atoms with Gasteiger partial charge in [-0.25, -0.2) is 9.78 Å². The number of hydrogen-bond donors (Lipinski definition) is 1. The summed E-state index contributed by atoms with van der Waals surface area (Å²) < 4.78 is 10.3. The molecule has 1 amide bonds. The van der Waals surface area contributed by atoms with Crippen molar-refractivity contribution in [1.82, 2.24) is 4.98 Å². The fourth-order valence-corrected chi connectivity index (χ4v) is 2.67. The third kappa shape index (κ3) is 5.50. The molecule has 0 aliphatic heterocycles. The van der Waals surface area contributed by atoms with Crippen molar-refractivity contribution >= 4 is 29.3 Å². The van der Waals surface area contributed by atoms with E-state index >= 15 is 0 Å². The monoisotopic (exact) mass is 371 g/mol. The Morgan fingerprint density at radius 2 is 2.08 bits per heavy atom. The highest BCUT2D eigenvalue weighted by atomic mass is 32.2. The molecule has 0 fully saturated rings. The van der Waals surface area contributed by atoms with Gasteiger partial charge in [0, 0.05) is 11.1 Å². The molecule has 2 aromatic rings. The number of carbonyl (C=O) groups is 2. The van der Waals surface area contributed by atoms with Gasteiger partial charge in [0.1, 0.15) is 5.56 Å². The van der Waals surface area contributed by atoms with Crippen LogP contribution in [0.3, 0.4) is 0 Å². The normalized spacial score (nSPS) is 9.85. The third-order valence-electron chi connectivity index (χ3n) is 3.06. The first-order chi connectivity index (χ1) is 12.7. The summed E-state index contributed by atoms with van der Waals surface area (Å²) in [6, 6.07) is 12.2. The topological polar surface area (TPSA) is 101 Å². The van der Waals surface area contributed by atoms with Gasteiger partial charge in [0.25, 0.3) is 5.91 Å². The lowest BCUT2D eigenvalue weighted by Crippen LogP contribution is -2.21. The molecule has 0 aliphatic rings. The number of anilines is 1. The number of nitriles is 1. The van der Waals surface area contributed by atoms with Gasteiger partial charge in [-0.1, -0.05) is 12.1 Å². The summed E-state index contributed by atoms with van der Waals surface area (Å²) in [6.45, 7) is 1.68. The van der Waals surface area contributed by atoms with Gasteiger partial charge in [0.2, 0.25) is 5.88 Å². The summed E-state index contributed by atoms with van der Waals surface area (Å²) in [4.78, 5) is 29.0. The predicted molar refractivity (Wildman–Crippen MR) is 97.1 cm³/mol. The van der Waals surface area contributed by atoms with Crippen molar-refractivity contribution in [2.24, 2.45) is 0 Å². The van der Waals surface area contributed by atoms with Crippen LogP contribution in [-0.2, 0) is 9.53 Å². The number of aromatic nitrogens is 1. The fourth-order valence-electron chi connectivity index (χ4n) is 2.00. The minimum absolute atomic E-state index is 0.159. The molecule has 1 N–H and O–H groups in total. The number of carbonyl (C=O) groups excluding carboxylic acids is 2. The number of pyridine rings is 1. The molecule has 0 aliphatic carbocycles. The Labute approximate surface area is 155 Å². The molecule has 1 aromatic heterocycles. The summed E-state index contributed by atoms with van der Waals surface area (Å²) >= 11 is 1.31. The first kappa shape index (κ1) is 19.3. The molecular weight excluding hydrogens is 354 g/mol. The number of benzene rings is 1. The summed E-state index contributed by atoms with van der Waals surface area (Å²) in [5, 5.41) is 11.4. The number of nitrogens with one attached hydrogen (secondary N) is 1. The second kappa shape index (κ2) is 10.1. The molecule has 2 rings (SSSR count). The van der Waals surface area contributed by atoms with Crippen molar-refractivity contribution in [3.8, 4) is 11.9 Å². The molecule has 0 radical (unpaired) electrons. The van der Waals surface area contributed by atoms with Crippen LogP contribution in [0.2, 0.25) is 0 Å². The molecule has 0 atom stereocenters. The summed E-state index contributed by atoms with van der Waals surface area (Å²) in [6.07, 6.45) is 1.50. The van der Waals surface area contributed by atoms with Crippen LogP contribution in [0.1, 0.15) is 17.3 Å². The average Bonchev–Trinajstić information content (AvgIpc) is 2.66. The lowest BCUT2D eigenvalue weighted by Gasteiger charge is -2.11. The van der Waals surface area contributed by atoms with E-state index in [0.29, 0.717) is 12.3 Å². The minimum atomic E-state index is -0.691. The zero-order chi connectivity index (χ0) is 18.8. The zero-order valence-electron chi connectivity index (χ0n) is 14.1. The summed E-state index contributed by atoms with van der Waals surface area (Å²) in [5.74, 6) is -0.740. The van der Waals surface area contributed by atoms with Crippen molar-refractivity contribution < 1.29 is 19.1 Å². The van der Waals surface area contributed by atoms with E-state index in [1.807, 2.05) is 12.1 Å². The highest BCUT2D eigenvalue weighted by Crippen LogP contribution is 2.26. The Morgan fingerprint density at radius 1 is 1.27 bits per heavy atom. The summed E-state index contributed by atoms with van der Waals surface area (Å²) in [7, 11) is 0. The van der Waals surface area contributed by atoms with E-state index in [4.69, 9.17) is 14.7 Å². The van der Waals surface area contributed by atoms with Crippen LogP contribution in [0.4, 0.5) is 5.69 Å². The number of thioether (sulfide) groups is 1. The van der Waals surface area contributed by atoms with Crippen LogP contribution >= 0.6 is 11.8 Å². The molecule has 1 heterocycles. The maximum Gasteiger partial charge on any atom is 0.344 e. The van der Waals surface area contributed by atoms with Crippen LogP contribution in [0, 0.1) is 11.3 Å². The van der Waals surface area contributed by atoms with E-state index < -0.39 is 18.5 Å². The molecule has 1 aromatic carbocycles. The maximum absolute atomic E-state index is 12.1. The molecule has 134 valence electrons. The van der Waals surface area contributed by atoms with Gasteiger partial charge in [-0.05, 0) is 31.2 Å².